The average Bonchev–Trinajstić information content (AvgIpc) is 3.36. The van der Waals surface area contributed by atoms with E-state index in [2.05, 4.69) is 78.1 Å². The van der Waals surface area contributed by atoms with E-state index in [1.54, 1.807) is 7.11 Å². The van der Waals surface area contributed by atoms with E-state index in [1.165, 1.54) is 5.57 Å². The van der Waals surface area contributed by atoms with Crippen LogP contribution in [0.25, 0.3) is 0 Å². The summed E-state index contributed by atoms with van der Waals surface area (Å²) in [5, 5.41) is 11.7. The second kappa shape index (κ2) is 15.3. The van der Waals surface area contributed by atoms with Crippen molar-refractivity contribution in [3.8, 4) is 0 Å². The first-order valence-electron chi connectivity index (χ1n) is 17.6. The van der Waals surface area contributed by atoms with E-state index in [4.69, 9.17) is 28.1 Å². The number of aliphatic hydroxyl groups excluding tert-OH is 1. The molecule has 7 nitrogen and oxygen atoms in total. The second-order valence-corrected chi connectivity index (χ2v) is 20.6. The van der Waals surface area contributed by atoms with Crippen molar-refractivity contribution < 1.29 is 33.2 Å². The zero-order chi connectivity index (χ0) is 34.6. The Labute approximate surface area is 289 Å². The summed E-state index contributed by atoms with van der Waals surface area (Å²) in [6.07, 6.45) is 6.08. The molecule has 0 amide bonds. The molecule has 48 heavy (non-hydrogen) atoms. The largest absolute Gasteiger partial charge is 0.510 e. The van der Waals surface area contributed by atoms with Crippen LogP contribution in [0.4, 0.5) is 0 Å². The fourth-order valence-corrected chi connectivity index (χ4v) is 8.40. The third kappa shape index (κ3) is 8.01. The van der Waals surface area contributed by atoms with Crippen molar-refractivity contribution >= 4 is 8.32 Å². The Morgan fingerprint density at radius 2 is 1.69 bits per heavy atom. The molecule has 1 aliphatic heterocycles. The van der Waals surface area contributed by atoms with Crippen LogP contribution in [0.2, 0.25) is 18.1 Å². The molecule has 3 aliphatic rings. The molecule has 0 aromatic heterocycles. The quantitative estimate of drug-likeness (QED) is 0.136. The molecule has 6 atom stereocenters. The first kappa shape index (κ1) is 37.0. The van der Waals surface area contributed by atoms with Crippen LogP contribution >= 0.6 is 0 Å². The lowest BCUT2D eigenvalue weighted by atomic mass is 9.73. The highest BCUT2D eigenvalue weighted by Gasteiger charge is 2.54. The van der Waals surface area contributed by atoms with Gasteiger partial charge >= 0.3 is 0 Å². The van der Waals surface area contributed by atoms with Gasteiger partial charge in [-0.1, -0.05) is 107 Å². The van der Waals surface area contributed by atoms with Gasteiger partial charge in [0.2, 0.25) is 0 Å². The summed E-state index contributed by atoms with van der Waals surface area (Å²) in [4.78, 5) is 0. The Balaban J connectivity index is 1.57. The smallest absolute Gasteiger partial charge is 0.191 e. The summed E-state index contributed by atoms with van der Waals surface area (Å²) in [6, 6.07) is 20.4. The van der Waals surface area contributed by atoms with E-state index < -0.39 is 26.3 Å². The van der Waals surface area contributed by atoms with Gasteiger partial charge in [0.05, 0.1) is 19.3 Å². The highest BCUT2D eigenvalue weighted by Crippen LogP contribution is 2.53. The molecule has 2 aromatic carbocycles. The molecule has 1 heterocycles. The fraction of sp³-hybridized carbons (Fsp3) is 0.600. The Hall–Kier alpha value is -2.30. The summed E-state index contributed by atoms with van der Waals surface area (Å²) >= 11 is 0. The third-order valence-corrected chi connectivity index (χ3v) is 16.0. The van der Waals surface area contributed by atoms with Crippen molar-refractivity contribution in [3.63, 3.8) is 0 Å². The molecule has 2 aromatic rings. The summed E-state index contributed by atoms with van der Waals surface area (Å²) in [6.45, 7) is 17.4. The number of hydrogen-bond acceptors (Lipinski definition) is 7. The third-order valence-electron chi connectivity index (χ3n) is 11.5. The molecule has 0 unspecified atom stereocenters. The normalized spacial score (nSPS) is 31.5. The van der Waals surface area contributed by atoms with E-state index >= 15 is 0 Å². The van der Waals surface area contributed by atoms with Crippen LogP contribution in [0, 0.1) is 17.3 Å². The van der Waals surface area contributed by atoms with Crippen molar-refractivity contribution in [1.29, 1.82) is 0 Å². The number of ether oxygens (including phenoxy) is 5. The van der Waals surface area contributed by atoms with Gasteiger partial charge in [0.15, 0.2) is 14.6 Å². The predicted molar refractivity (Wildman–Crippen MR) is 192 cm³/mol. The lowest BCUT2D eigenvalue weighted by Crippen LogP contribution is -2.59. The molecule has 2 fully saturated rings. The molecule has 2 bridgehead atoms. The summed E-state index contributed by atoms with van der Waals surface area (Å²) < 4.78 is 39.0. The number of aliphatic hydroxyl groups is 1. The van der Waals surface area contributed by atoms with Crippen molar-refractivity contribution in [2.24, 2.45) is 17.3 Å². The number of hydrogen-bond donors (Lipinski definition) is 1. The summed E-state index contributed by atoms with van der Waals surface area (Å²) in [5.74, 6) is 0.222. The highest BCUT2D eigenvalue weighted by atomic mass is 28.4. The monoisotopic (exact) mass is 678 g/mol. The molecular formula is C40H58O7Si. The molecule has 1 saturated carbocycles. The Morgan fingerprint density at radius 3 is 2.35 bits per heavy atom. The molecule has 2 aliphatic carbocycles. The van der Waals surface area contributed by atoms with Gasteiger partial charge in [0.25, 0.3) is 0 Å². The van der Waals surface area contributed by atoms with Crippen LogP contribution in [0.5, 0.6) is 0 Å². The molecule has 0 spiro atoms. The molecule has 1 saturated heterocycles. The van der Waals surface area contributed by atoms with Crippen molar-refractivity contribution in [1.82, 2.24) is 0 Å². The summed E-state index contributed by atoms with van der Waals surface area (Å²) in [7, 11) is -0.397. The Kier molecular flexibility index (Phi) is 11.8. The second-order valence-electron chi connectivity index (χ2n) is 15.8. The van der Waals surface area contributed by atoms with Crippen LogP contribution in [0.15, 0.2) is 84.1 Å². The minimum Gasteiger partial charge on any atom is -0.510 e. The number of methoxy groups -OCH3 is 1. The standard InChI is InChI=1S/C40H58O7Si/c1-38(2,3)48(7,8)46-24-23-35-40(45-26-29-15-11-9-12-16-29,27-43-37(47-35)30-17-13-10-14-18-30)32-20-22-34(41)36(44-28-42-6)33-21-19-31(25-32)39(33,4)5/h9-18,22,25,32-33,35-37,41H,19-21,23-24,26-28H2,1-8H3/b31-25-,34-22+/t32-,33-,35+,36-,37-,40-/m1/s1. The number of fused-ring (bicyclic) bond motifs is 2. The minimum atomic E-state index is -2.01. The number of rotatable bonds is 12. The van der Waals surface area contributed by atoms with Gasteiger partial charge in [0.1, 0.15) is 24.3 Å². The molecular weight excluding hydrogens is 621 g/mol. The van der Waals surface area contributed by atoms with Crippen LogP contribution in [0.1, 0.15) is 77.7 Å². The predicted octanol–water partition coefficient (Wildman–Crippen LogP) is 9.28. The highest BCUT2D eigenvalue weighted by molar-refractivity contribution is 6.74. The first-order valence-corrected chi connectivity index (χ1v) is 20.5. The lowest BCUT2D eigenvalue weighted by molar-refractivity contribution is -0.319. The number of benzene rings is 2. The van der Waals surface area contributed by atoms with Gasteiger partial charge in [-0.25, -0.2) is 0 Å². The summed E-state index contributed by atoms with van der Waals surface area (Å²) in [5.41, 5.74) is 2.36. The van der Waals surface area contributed by atoms with Crippen molar-refractivity contribution in [2.75, 3.05) is 27.1 Å². The van der Waals surface area contributed by atoms with Crippen LogP contribution < -0.4 is 0 Å². The van der Waals surface area contributed by atoms with E-state index in [1.807, 2.05) is 42.5 Å². The SMILES string of the molecule is COCO[C@H]1/C(O)=C\C[C@@H]([C@]2(OCc3ccccc3)CO[C@@H](c3ccccc3)O[C@H]2CCO[Si](C)(C)C(C)(C)C)/C=C2/CC[C@H]1C2(C)C. The number of allylic oxidation sites excluding steroid dienone is 2. The van der Waals surface area contributed by atoms with Gasteiger partial charge in [0, 0.05) is 31.1 Å². The molecule has 1 N–H and O–H groups in total. The molecule has 264 valence electrons. The van der Waals surface area contributed by atoms with Crippen LogP contribution in [0.3, 0.4) is 0 Å². The zero-order valence-corrected chi connectivity index (χ0v) is 31.4. The minimum absolute atomic E-state index is 0.0908. The van der Waals surface area contributed by atoms with Gasteiger partial charge in [-0.05, 0) is 60.9 Å². The van der Waals surface area contributed by atoms with E-state index in [-0.39, 0.29) is 40.9 Å². The fourth-order valence-electron chi connectivity index (χ4n) is 7.34. The maximum Gasteiger partial charge on any atom is 0.191 e. The maximum absolute atomic E-state index is 11.6. The average molecular weight is 679 g/mol. The first-order chi connectivity index (χ1) is 22.8. The van der Waals surface area contributed by atoms with Gasteiger partial charge in [-0.3, -0.25) is 0 Å². The lowest BCUT2D eigenvalue weighted by Gasteiger charge is -2.50. The zero-order valence-electron chi connectivity index (χ0n) is 30.4. The van der Waals surface area contributed by atoms with Gasteiger partial charge in [-0.2, -0.15) is 0 Å². The van der Waals surface area contributed by atoms with Crippen molar-refractivity contribution in [3.05, 3.63) is 95.3 Å². The molecule has 5 rings (SSSR count). The van der Waals surface area contributed by atoms with E-state index in [0.717, 1.165) is 24.0 Å². The van der Waals surface area contributed by atoms with E-state index in [0.29, 0.717) is 32.7 Å². The Morgan fingerprint density at radius 1 is 1.00 bits per heavy atom. The van der Waals surface area contributed by atoms with Gasteiger partial charge in [-0.15, -0.1) is 0 Å². The van der Waals surface area contributed by atoms with Gasteiger partial charge < -0.3 is 33.2 Å². The van der Waals surface area contributed by atoms with Crippen molar-refractivity contribution in [2.45, 2.75) is 109 Å². The van der Waals surface area contributed by atoms with Crippen LogP contribution in [-0.2, 0) is 34.7 Å². The maximum atomic E-state index is 11.6. The molecule has 8 heteroatoms. The van der Waals surface area contributed by atoms with E-state index in [9.17, 15) is 5.11 Å². The van der Waals surface area contributed by atoms with Crippen LogP contribution in [-0.4, -0.2) is 58.3 Å². The Bertz CT molecular complexity index is 1380. The molecule has 0 radical (unpaired) electrons. The topological polar surface area (TPSA) is 75.6 Å².